The number of nitrogens with one attached hydrogen (secondary N) is 1. The molecule has 1 aromatic carbocycles. The number of aliphatic hydroxyl groups excluding tert-OH is 4. The van der Waals surface area contributed by atoms with Crippen molar-refractivity contribution in [3.63, 3.8) is 0 Å². The highest BCUT2D eigenvalue weighted by Gasteiger charge is 2.27. The summed E-state index contributed by atoms with van der Waals surface area (Å²) in [6.07, 6.45) is -1.52. The van der Waals surface area contributed by atoms with E-state index in [0.717, 1.165) is 0 Å². The van der Waals surface area contributed by atoms with Crippen LogP contribution in [0.2, 0.25) is 0 Å². The van der Waals surface area contributed by atoms with Crippen molar-refractivity contribution in [2.45, 2.75) is 37.9 Å². The van der Waals surface area contributed by atoms with Crippen LogP contribution in [-0.4, -0.2) is 63.8 Å². The molecule has 0 aromatic heterocycles. The summed E-state index contributed by atoms with van der Waals surface area (Å²) in [6, 6.07) is 0. The predicted octanol–water partition coefficient (Wildman–Crippen LogP) is 1.70. The van der Waals surface area contributed by atoms with E-state index in [4.69, 9.17) is 10.2 Å². The summed E-state index contributed by atoms with van der Waals surface area (Å²) in [7, 11) is 0. The van der Waals surface area contributed by atoms with Crippen molar-refractivity contribution in [2.75, 3.05) is 18.5 Å². The highest BCUT2D eigenvalue weighted by Crippen LogP contribution is 2.37. The van der Waals surface area contributed by atoms with E-state index in [1.807, 2.05) is 67.8 Å². The predicted molar refractivity (Wildman–Crippen MR) is 128 cm³/mol. The molecule has 0 aliphatic heterocycles. The first-order valence-corrected chi connectivity index (χ1v) is 11.5. The van der Waals surface area contributed by atoms with Gasteiger partial charge < -0.3 is 25.7 Å². The molecule has 11 heteroatoms. The number of anilines is 1. The minimum Gasteiger partial charge on any atom is -0.394 e. The maximum absolute atomic E-state index is 12.8. The molecule has 0 aliphatic carbocycles. The van der Waals surface area contributed by atoms with Gasteiger partial charge in [-0.1, -0.05) is 0 Å². The van der Waals surface area contributed by atoms with E-state index in [9.17, 15) is 24.6 Å². The van der Waals surface area contributed by atoms with E-state index >= 15 is 0 Å². The van der Waals surface area contributed by atoms with Crippen molar-refractivity contribution in [1.82, 2.24) is 0 Å². The number of carbonyl (C=O) groups is 3. The van der Waals surface area contributed by atoms with Crippen LogP contribution in [0.25, 0.3) is 0 Å². The van der Waals surface area contributed by atoms with E-state index in [-0.39, 0.29) is 48.4 Å². The van der Waals surface area contributed by atoms with E-state index in [1.165, 1.54) is 0 Å². The molecule has 1 aromatic rings. The van der Waals surface area contributed by atoms with Gasteiger partial charge in [-0.3, -0.25) is 14.4 Å². The Kier molecular flexibility index (Phi) is 11.8. The van der Waals surface area contributed by atoms with Crippen LogP contribution in [-0.2, 0) is 4.79 Å². The number of carbonyl (C=O) groups excluding carboxylic acids is 3. The van der Waals surface area contributed by atoms with Crippen LogP contribution in [0, 0.1) is 10.7 Å². The molecule has 0 aliphatic rings. The van der Waals surface area contributed by atoms with Crippen LogP contribution >= 0.6 is 67.8 Å². The Morgan fingerprint density at radius 2 is 1.25 bits per heavy atom. The molecule has 0 spiro atoms. The second-order valence-electron chi connectivity index (χ2n) is 5.93. The van der Waals surface area contributed by atoms with Gasteiger partial charge in [0.2, 0.25) is 6.41 Å². The zero-order valence-corrected chi connectivity index (χ0v) is 21.1. The number of benzene rings is 1. The summed E-state index contributed by atoms with van der Waals surface area (Å²) in [5.74, 6) is -0.646. The Hall–Kier alpha value is 0.0600. The molecule has 2 atom stereocenters. The molecule has 156 valence electrons. The van der Waals surface area contributed by atoms with Gasteiger partial charge >= 0.3 is 0 Å². The molecular formula is C17H20I3NO7. The van der Waals surface area contributed by atoms with Gasteiger partial charge in [-0.25, -0.2) is 0 Å². The lowest BCUT2D eigenvalue weighted by atomic mass is 9.97. The summed E-state index contributed by atoms with van der Waals surface area (Å²) in [6.45, 7) is -0.911. The third-order valence-electron chi connectivity index (χ3n) is 3.91. The van der Waals surface area contributed by atoms with Crippen molar-refractivity contribution in [3.8, 4) is 0 Å². The Morgan fingerprint density at radius 3 is 1.57 bits per heavy atom. The summed E-state index contributed by atoms with van der Waals surface area (Å²) >= 11 is 5.76. The van der Waals surface area contributed by atoms with Gasteiger partial charge in [-0.2, -0.15) is 0 Å². The molecule has 2 unspecified atom stereocenters. The van der Waals surface area contributed by atoms with Gasteiger partial charge in [0.25, 0.3) is 0 Å². The Bertz CT molecular complexity index is 689. The third kappa shape index (κ3) is 6.80. The number of halogens is 3. The first-order valence-electron chi connectivity index (χ1n) is 8.24. The average Bonchev–Trinajstić information content (AvgIpc) is 2.67. The lowest BCUT2D eigenvalue weighted by Gasteiger charge is -2.18. The normalized spacial score (nSPS) is 13.1. The standard InChI is InChI=1S/C17H20I3NO7/c18-14-12(10(27)3-1-8(25)5-22)15(19)17(21-7-24)16(20)13(14)11(28)4-2-9(26)6-23/h7-9,22-23,25-26H,1-6H2,(H,21,24). The molecule has 5 N–H and O–H groups in total. The fraction of sp³-hybridized carbons (Fsp3) is 0.471. The molecule has 0 saturated carbocycles. The average molecular weight is 731 g/mol. The fourth-order valence-electron chi connectivity index (χ4n) is 2.37. The topological polar surface area (TPSA) is 144 Å². The van der Waals surface area contributed by atoms with Crippen LogP contribution in [0.5, 0.6) is 0 Å². The Balaban J connectivity index is 3.39. The van der Waals surface area contributed by atoms with Crippen LogP contribution in [0.1, 0.15) is 46.4 Å². The first kappa shape index (κ1) is 26.1. The first-order chi connectivity index (χ1) is 13.2. The largest absolute Gasteiger partial charge is 0.394 e. The molecule has 1 rings (SSSR count). The van der Waals surface area contributed by atoms with Gasteiger partial charge in [0, 0.05) is 34.7 Å². The number of aliphatic hydroxyl groups is 4. The lowest BCUT2D eigenvalue weighted by molar-refractivity contribution is -0.105. The number of rotatable bonds is 12. The highest BCUT2D eigenvalue weighted by atomic mass is 127. The molecular weight excluding hydrogens is 711 g/mol. The molecule has 1 amide bonds. The maximum Gasteiger partial charge on any atom is 0.211 e. The van der Waals surface area contributed by atoms with Gasteiger partial charge in [0.1, 0.15) is 0 Å². The van der Waals surface area contributed by atoms with Crippen molar-refractivity contribution < 1.29 is 34.8 Å². The number of ketones is 2. The molecule has 0 heterocycles. The van der Waals surface area contributed by atoms with E-state index in [0.29, 0.717) is 22.8 Å². The minimum absolute atomic E-state index is 0.0360. The zero-order chi connectivity index (χ0) is 21.4. The van der Waals surface area contributed by atoms with Crippen molar-refractivity contribution in [3.05, 3.63) is 21.8 Å². The number of Topliss-reactive ketones (excluding diaryl/α,β-unsaturated/α-hetero) is 2. The minimum atomic E-state index is -1.02. The Morgan fingerprint density at radius 1 is 0.857 bits per heavy atom. The van der Waals surface area contributed by atoms with Crippen LogP contribution in [0.4, 0.5) is 5.69 Å². The molecule has 0 bridgehead atoms. The van der Waals surface area contributed by atoms with Crippen molar-refractivity contribution in [1.29, 1.82) is 0 Å². The van der Waals surface area contributed by atoms with Crippen LogP contribution in [0.15, 0.2) is 0 Å². The molecule has 0 saturated heterocycles. The summed E-state index contributed by atoms with van der Waals surface area (Å²) in [4.78, 5) is 36.5. The monoisotopic (exact) mass is 731 g/mol. The lowest BCUT2D eigenvalue weighted by Crippen LogP contribution is -2.19. The summed E-state index contributed by atoms with van der Waals surface area (Å²) in [5.41, 5.74) is 0.873. The molecule has 0 fully saturated rings. The Labute approximate surface area is 202 Å². The van der Waals surface area contributed by atoms with Gasteiger partial charge in [0.15, 0.2) is 11.6 Å². The van der Waals surface area contributed by atoms with Crippen molar-refractivity contribution >= 4 is 91.4 Å². The molecule has 28 heavy (non-hydrogen) atoms. The highest BCUT2D eigenvalue weighted by molar-refractivity contribution is 14.1. The van der Waals surface area contributed by atoms with Crippen LogP contribution < -0.4 is 5.32 Å². The van der Waals surface area contributed by atoms with Crippen LogP contribution in [0.3, 0.4) is 0 Å². The van der Waals surface area contributed by atoms with Gasteiger partial charge in [-0.05, 0) is 80.6 Å². The molecule has 8 nitrogen and oxygen atoms in total. The van der Waals surface area contributed by atoms with E-state index in [1.54, 1.807) is 0 Å². The smallest absolute Gasteiger partial charge is 0.211 e. The van der Waals surface area contributed by atoms with E-state index < -0.39 is 25.4 Å². The zero-order valence-electron chi connectivity index (χ0n) is 14.6. The summed E-state index contributed by atoms with van der Waals surface area (Å²) < 4.78 is 1.39. The summed E-state index contributed by atoms with van der Waals surface area (Å²) in [5, 5.41) is 39.4. The molecule has 0 radical (unpaired) electrons. The third-order valence-corrected chi connectivity index (χ3v) is 7.14. The van der Waals surface area contributed by atoms with Crippen molar-refractivity contribution in [2.24, 2.45) is 0 Å². The van der Waals surface area contributed by atoms with Gasteiger partial charge in [0.05, 0.1) is 31.1 Å². The quantitative estimate of drug-likeness (QED) is 0.125. The van der Waals surface area contributed by atoms with E-state index in [2.05, 4.69) is 5.32 Å². The number of hydrogen-bond acceptors (Lipinski definition) is 7. The number of hydrogen-bond donors (Lipinski definition) is 5. The maximum atomic E-state index is 12.8. The second-order valence-corrected chi connectivity index (χ2v) is 9.16. The van der Waals surface area contributed by atoms with Gasteiger partial charge in [-0.15, -0.1) is 0 Å². The second kappa shape index (κ2) is 12.7. The number of amides is 1. The SMILES string of the molecule is O=CNc1c(I)c(C(=O)CCC(O)CO)c(I)c(C(=O)CCC(O)CO)c1I. The fourth-order valence-corrected chi connectivity index (χ4v) is 7.05.